The third-order valence-corrected chi connectivity index (χ3v) is 3.38. The number of amides is 1. The maximum absolute atomic E-state index is 11.6. The molecule has 1 amide bonds. The van der Waals surface area contributed by atoms with Crippen LogP contribution in [0.1, 0.15) is 12.8 Å². The summed E-state index contributed by atoms with van der Waals surface area (Å²) in [5, 5.41) is 5.83. The average molecular weight is 308 g/mol. The van der Waals surface area contributed by atoms with Gasteiger partial charge in [-0.05, 0) is 25.0 Å². The van der Waals surface area contributed by atoms with Crippen molar-refractivity contribution in [1.29, 1.82) is 0 Å². The van der Waals surface area contributed by atoms with Crippen molar-refractivity contribution in [3.05, 3.63) is 24.3 Å². The van der Waals surface area contributed by atoms with Gasteiger partial charge in [0.15, 0.2) is 0 Å². The summed E-state index contributed by atoms with van der Waals surface area (Å²) in [6, 6.07) is 7.59. The second kappa shape index (κ2) is 9.27. The summed E-state index contributed by atoms with van der Waals surface area (Å²) < 4.78 is 16.1. The van der Waals surface area contributed by atoms with Crippen molar-refractivity contribution in [2.45, 2.75) is 18.9 Å². The van der Waals surface area contributed by atoms with Gasteiger partial charge in [-0.25, -0.2) is 0 Å². The van der Waals surface area contributed by atoms with Gasteiger partial charge in [-0.2, -0.15) is 0 Å². The molecule has 1 aromatic carbocycles. The molecule has 1 unspecified atom stereocenters. The molecular weight excluding hydrogens is 284 g/mol. The van der Waals surface area contributed by atoms with E-state index in [2.05, 4.69) is 10.6 Å². The first-order chi connectivity index (χ1) is 10.8. The van der Waals surface area contributed by atoms with Crippen LogP contribution in [0, 0.1) is 0 Å². The molecule has 0 radical (unpaired) electrons. The number of methoxy groups -OCH3 is 1. The molecule has 0 bridgehead atoms. The van der Waals surface area contributed by atoms with Gasteiger partial charge in [0.2, 0.25) is 5.91 Å². The molecule has 122 valence electrons. The summed E-state index contributed by atoms with van der Waals surface area (Å²) in [7, 11) is 1.60. The zero-order chi connectivity index (χ0) is 15.6. The zero-order valence-corrected chi connectivity index (χ0v) is 13.0. The van der Waals surface area contributed by atoms with Crippen molar-refractivity contribution in [3.63, 3.8) is 0 Å². The Kier molecular flexibility index (Phi) is 6.99. The minimum Gasteiger partial charge on any atom is -0.491 e. The van der Waals surface area contributed by atoms with E-state index in [1.165, 1.54) is 0 Å². The maximum Gasteiger partial charge on any atom is 0.239 e. The smallest absolute Gasteiger partial charge is 0.239 e. The number of anilines is 1. The molecule has 1 fully saturated rings. The fourth-order valence-electron chi connectivity index (χ4n) is 2.20. The van der Waals surface area contributed by atoms with Crippen molar-refractivity contribution in [2.75, 3.05) is 45.3 Å². The van der Waals surface area contributed by atoms with E-state index in [-0.39, 0.29) is 18.6 Å². The molecule has 1 atom stereocenters. The van der Waals surface area contributed by atoms with Crippen LogP contribution >= 0.6 is 0 Å². The SMILES string of the molecule is COCCNC(=O)CNc1cccc(OCC2CCCO2)c1. The Bertz CT molecular complexity index is 461. The summed E-state index contributed by atoms with van der Waals surface area (Å²) in [4.78, 5) is 11.6. The van der Waals surface area contributed by atoms with E-state index in [0.29, 0.717) is 19.8 Å². The van der Waals surface area contributed by atoms with E-state index in [0.717, 1.165) is 30.9 Å². The standard InChI is InChI=1S/C16H24N2O4/c1-20-9-7-17-16(19)11-18-13-4-2-5-14(10-13)22-12-15-6-3-8-21-15/h2,4-5,10,15,18H,3,6-9,11-12H2,1H3,(H,17,19). The fraction of sp³-hybridized carbons (Fsp3) is 0.562. The molecule has 1 saturated heterocycles. The lowest BCUT2D eigenvalue weighted by molar-refractivity contribution is -0.119. The molecule has 1 aliphatic rings. The molecule has 22 heavy (non-hydrogen) atoms. The molecular formula is C16H24N2O4. The van der Waals surface area contributed by atoms with Crippen molar-refractivity contribution < 1.29 is 19.0 Å². The highest BCUT2D eigenvalue weighted by Crippen LogP contribution is 2.19. The van der Waals surface area contributed by atoms with Gasteiger partial charge in [-0.1, -0.05) is 6.07 Å². The highest BCUT2D eigenvalue weighted by molar-refractivity contribution is 5.80. The predicted octanol–water partition coefficient (Wildman–Crippen LogP) is 1.42. The largest absolute Gasteiger partial charge is 0.491 e. The number of rotatable bonds is 9. The summed E-state index contributed by atoms with van der Waals surface area (Å²) in [5.41, 5.74) is 0.853. The molecule has 2 N–H and O–H groups in total. The van der Waals surface area contributed by atoms with Crippen LogP contribution < -0.4 is 15.4 Å². The molecule has 0 spiro atoms. The number of nitrogens with one attached hydrogen (secondary N) is 2. The molecule has 0 aliphatic carbocycles. The van der Waals surface area contributed by atoms with E-state index in [1.54, 1.807) is 7.11 Å². The normalized spacial score (nSPS) is 17.2. The topological polar surface area (TPSA) is 68.8 Å². The van der Waals surface area contributed by atoms with Gasteiger partial charge in [0.05, 0.1) is 19.3 Å². The number of carbonyl (C=O) groups is 1. The van der Waals surface area contributed by atoms with E-state index >= 15 is 0 Å². The first kappa shape index (κ1) is 16.6. The van der Waals surface area contributed by atoms with Crippen LogP contribution in [0.4, 0.5) is 5.69 Å². The first-order valence-corrected chi connectivity index (χ1v) is 7.62. The molecule has 0 aromatic heterocycles. The predicted molar refractivity (Wildman–Crippen MR) is 84.3 cm³/mol. The molecule has 0 saturated carbocycles. The molecule has 1 aromatic rings. The van der Waals surface area contributed by atoms with Gasteiger partial charge in [-0.3, -0.25) is 4.79 Å². The summed E-state index contributed by atoms with van der Waals surface area (Å²) in [6.07, 6.45) is 2.36. The van der Waals surface area contributed by atoms with Gasteiger partial charge in [0.25, 0.3) is 0 Å². The van der Waals surface area contributed by atoms with Crippen molar-refractivity contribution in [2.24, 2.45) is 0 Å². The Labute approximate surface area is 131 Å². The van der Waals surface area contributed by atoms with Gasteiger partial charge >= 0.3 is 0 Å². The quantitative estimate of drug-likeness (QED) is 0.675. The Balaban J connectivity index is 1.72. The lowest BCUT2D eigenvalue weighted by Crippen LogP contribution is -2.32. The van der Waals surface area contributed by atoms with E-state index in [4.69, 9.17) is 14.2 Å². The minimum atomic E-state index is -0.0669. The Morgan fingerprint density at radius 2 is 2.36 bits per heavy atom. The van der Waals surface area contributed by atoms with Gasteiger partial charge < -0.3 is 24.8 Å². The van der Waals surface area contributed by atoms with Crippen molar-refractivity contribution in [3.8, 4) is 5.75 Å². The molecule has 6 heteroatoms. The lowest BCUT2D eigenvalue weighted by atomic mass is 10.2. The third-order valence-electron chi connectivity index (χ3n) is 3.38. The Morgan fingerprint density at radius 3 is 3.14 bits per heavy atom. The van der Waals surface area contributed by atoms with Crippen LogP contribution in [0.5, 0.6) is 5.75 Å². The van der Waals surface area contributed by atoms with Gasteiger partial charge in [-0.15, -0.1) is 0 Å². The second-order valence-electron chi connectivity index (χ2n) is 5.17. The second-order valence-corrected chi connectivity index (χ2v) is 5.17. The van der Waals surface area contributed by atoms with Crippen molar-refractivity contribution in [1.82, 2.24) is 5.32 Å². The molecule has 2 rings (SSSR count). The van der Waals surface area contributed by atoms with Crippen molar-refractivity contribution >= 4 is 11.6 Å². The zero-order valence-electron chi connectivity index (χ0n) is 13.0. The van der Waals surface area contributed by atoms with E-state index in [1.807, 2.05) is 24.3 Å². The van der Waals surface area contributed by atoms with Crippen LogP contribution in [0.25, 0.3) is 0 Å². The number of benzene rings is 1. The van der Waals surface area contributed by atoms with E-state index < -0.39 is 0 Å². The number of ether oxygens (including phenoxy) is 3. The molecule has 6 nitrogen and oxygen atoms in total. The first-order valence-electron chi connectivity index (χ1n) is 7.62. The Hall–Kier alpha value is -1.79. The summed E-state index contributed by atoms with van der Waals surface area (Å²) in [6.45, 7) is 2.65. The minimum absolute atomic E-state index is 0.0669. The monoisotopic (exact) mass is 308 g/mol. The molecule has 1 heterocycles. The number of hydrogen-bond donors (Lipinski definition) is 2. The Morgan fingerprint density at radius 1 is 1.45 bits per heavy atom. The van der Waals surface area contributed by atoms with Gasteiger partial charge in [0.1, 0.15) is 12.4 Å². The number of carbonyl (C=O) groups excluding carboxylic acids is 1. The fourth-order valence-corrected chi connectivity index (χ4v) is 2.20. The van der Waals surface area contributed by atoms with Crippen LogP contribution in [0.3, 0.4) is 0 Å². The molecule has 1 aliphatic heterocycles. The number of hydrogen-bond acceptors (Lipinski definition) is 5. The van der Waals surface area contributed by atoms with Gasteiger partial charge in [0, 0.05) is 32.0 Å². The highest BCUT2D eigenvalue weighted by Gasteiger charge is 2.15. The summed E-state index contributed by atoms with van der Waals surface area (Å²) >= 11 is 0. The maximum atomic E-state index is 11.6. The van der Waals surface area contributed by atoms with E-state index in [9.17, 15) is 4.79 Å². The van der Waals surface area contributed by atoms with Crippen LogP contribution in [0.15, 0.2) is 24.3 Å². The van der Waals surface area contributed by atoms with Crippen LogP contribution in [-0.4, -0.2) is 52.0 Å². The lowest BCUT2D eigenvalue weighted by Gasteiger charge is -2.13. The summed E-state index contributed by atoms with van der Waals surface area (Å²) in [5.74, 6) is 0.711. The average Bonchev–Trinajstić information content (AvgIpc) is 3.05. The van der Waals surface area contributed by atoms with Crippen LogP contribution in [0.2, 0.25) is 0 Å². The van der Waals surface area contributed by atoms with Crippen LogP contribution in [-0.2, 0) is 14.3 Å². The third kappa shape index (κ3) is 5.91. The highest BCUT2D eigenvalue weighted by atomic mass is 16.5.